The summed E-state index contributed by atoms with van der Waals surface area (Å²) in [4.78, 5) is 11.7. The van der Waals surface area contributed by atoms with Crippen LogP contribution >= 0.6 is 15.9 Å². The molecule has 5 heteroatoms. The molecular weight excluding hydrogens is 298 g/mol. The smallest absolute Gasteiger partial charge is 0.224 e. The monoisotopic (exact) mass is 313 g/mol. The highest BCUT2D eigenvalue weighted by Crippen LogP contribution is 2.38. The molecule has 0 bridgehead atoms. The van der Waals surface area contributed by atoms with Crippen LogP contribution in [0.25, 0.3) is 0 Å². The van der Waals surface area contributed by atoms with Crippen LogP contribution in [0.3, 0.4) is 0 Å². The zero-order chi connectivity index (χ0) is 13.0. The molecule has 0 aromatic heterocycles. The van der Waals surface area contributed by atoms with Crippen molar-refractivity contribution in [1.82, 2.24) is 0 Å². The highest BCUT2D eigenvalue weighted by Gasteiger charge is 2.15. The number of rotatable bonds is 4. The number of anilines is 1. The van der Waals surface area contributed by atoms with Gasteiger partial charge >= 0.3 is 0 Å². The van der Waals surface area contributed by atoms with Gasteiger partial charge < -0.3 is 14.8 Å². The van der Waals surface area contributed by atoms with Crippen LogP contribution in [0, 0.1) is 0 Å². The van der Waals surface area contributed by atoms with E-state index in [0.717, 1.165) is 23.0 Å². The Morgan fingerprint density at radius 1 is 1.33 bits per heavy atom. The van der Waals surface area contributed by atoms with Crippen molar-refractivity contribution in [3.05, 3.63) is 16.6 Å². The van der Waals surface area contributed by atoms with Crippen molar-refractivity contribution in [3.8, 4) is 11.5 Å². The molecule has 1 aliphatic heterocycles. The van der Waals surface area contributed by atoms with Gasteiger partial charge in [-0.05, 0) is 22.4 Å². The average molecular weight is 314 g/mol. The van der Waals surface area contributed by atoms with Gasteiger partial charge in [0.05, 0.1) is 5.69 Å². The number of unbranched alkanes of at least 4 members (excludes halogenated alkanes) is 1. The minimum Gasteiger partial charge on any atom is -0.486 e. The summed E-state index contributed by atoms with van der Waals surface area (Å²) in [6, 6.07) is 3.62. The van der Waals surface area contributed by atoms with Gasteiger partial charge in [-0.1, -0.05) is 13.3 Å². The summed E-state index contributed by atoms with van der Waals surface area (Å²) < 4.78 is 11.7. The number of benzene rings is 1. The van der Waals surface area contributed by atoms with E-state index in [4.69, 9.17) is 9.47 Å². The molecule has 0 radical (unpaired) electrons. The number of fused-ring (bicyclic) bond motifs is 1. The molecule has 1 aromatic rings. The number of hydrogen-bond acceptors (Lipinski definition) is 3. The molecule has 0 atom stereocenters. The normalized spacial score (nSPS) is 13.2. The van der Waals surface area contributed by atoms with E-state index in [-0.39, 0.29) is 5.91 Å². The van der Waals surface area contributed by atoms with Gasteiger partial charge in [-0.3, -0.25) is 4.79 Å². The summed E-state index contributed by atoms with van der Waals surface area (Å²) in [5.74, 6) is 1.41. The quantitative estimate of drug-likeness (QED) is 0.927. The van der Waals surface area contributed by atoms with Gasteiger partial charge in [-0.25, -0.2) is 0 Å². The lowest BCUT2D eigenvalue weighted by atomic mass is 10.2. The van der Waals surface area contributed by atoms with Crippen molar-refractivity contribution in [2.24, 2.45) is 0 Å². The molecule has 0 fully saturated rings. The average Bonchev–Trinajstić information content (AvgIpc) is 2.37. The predicted molar refractivity (Wildman–Crippen MR) is 73.3 cm³/mol. The van der Waals surface area contributed by atoms with E-state index in [1.807, 2.05) is 6.07 Å². The maximum absolute atomic E-state index is 11.7. The molecule has 1 aliphatic rings. The first-order valence-electron chi connectivity index (χ1n) is 6.09. The molecule has 1 heterocycles. The predicted octanol–water partition coefficient (Wildman–Crippen LogP) is 3.35. The van der Waals surface area contributed by atoms with E-state index >= 15 is 0 Å². The standard InChI is InChI=1S/C13H16BrNO3/c1-2-3-4-13(16)15-10-8-12-11(7-9(10)14)17-5-6-18-12/h7-8H,2-6H2,1H3,(H,15,16). The Bertz CT molecular complexity index is 448. The molecule has 0 aliphatic carbocycles. The number of ether oxygens (including phenoxy) is 2. The van der Waals surface area contributed by atoms with Crippen molar-refractivity contribution in [1.29, 1.82) is 0 Å². The van der Waals surface area contributed by atoms with Gasteiger partial charge in [0.25, 0.3) is 0 Å². The first-order valence-corrected chi connectivity index (χ1v) is 6.89. The molecule has 2 rings (SSSR count). The van der Waals surface area contributed by atoms with Gasteiger partial charge in [0, 0.05) is 23.0 Å². The summed E-state index contributed by atoms with van der Waals surface area (Å²) in [7, 11) is 0. The van der Waals surface area contributed by atoms with Crippen LogP contribution < -0.4 is 14.8 Å². The van der Waals surface area contributed by atoms with E-state index in [0.29, 0.717) is 31.1 Å². The molecule has 4 nitrogen and oxygen atoms in total. The lowest BCUT2D eigenvalue weighted by Gasteiger charge is -2.20. The van der Waals surface area contributed by atoms with Crippen molar-refractivity contribution in [2.75, 3.05) is 18.5 Å². The van der Waals surface area contributed by atoms with Crippen LogP contribution in [0.1, 0.15) is 26.2 Å². The molecule has 0 spiro atoms. The third kappa shape index (κ3) is 3.16. The molecule has 1 aromatic carbocycles. The molecule has 0 saturated carbocycles. The Morgan fingerprint density at radius 3 is 2.67 bits per heavy atom. The fourth-order valence-corrected chi connectivity index (χ4v) is 2.13. The fourth-order valence-electron chi connectivity index (χ4n) is 1.71. The number of hydrogen-bond donors (Lipinski definition) is 1. The van der Waals surface area contributed by atoms with Gasteiger partial charge in [0.2, 0.25) is 5.91 Å². The molecule has 98 valence electrons. The lowest BCUT2D eigenvalue weighted by Crippen LogP contribution is -2.16. The van der Waals surface area contributed by atoms with Gasteiger partial charge in [-0.15, -0.1) is 0 Å². The van der Waals surface area contributed by atoms with Gasteiger partial charge in [-0.2, -0.15) is 0 Å². The SMILES string of the molecule is CCCCC(=O)Nc1cc2c(cc1Br)OCCO2. The second-order valence-electron chi connectivity index (χ2n) is 4.13. The minimum atomic E-state index is 0.0224. The van der Waals surface area contributed by atoms with E-state index in [1.54, 1.807) is 6.07 Å². The molecule has 0 unspecified atom stereocenters. The number of halogens is 1. The fraction of sp³-hybridized carbons (Fsp3) is 0.462. The first-order chi connectivity index (χ1) is 8.70. The van der Waals surface area contributed by atoms with Crippen LogP contribution in [0.15, 0.2) is 16.6 Å². The van der Waals surface area contributed by atoms with Crippen molar-refractivity contribution in [2.45, 2.75) is 26.2 Å². The van der Waals surface area contributed by atoms with E-state index < -0.39 is 0 Å². The maximum atomic E-state index is 11.7. The Balaban J connectivity index is 2.10. The summed E-state index contributed by atoms with van der Waals surface area (Å²) in [6.45, 7) is 3.16. The van der Waals surface area contributed by atoms with Crippen LogP contribution in [0.5, 0.6) is 11.5 Å². The molecule has 18 heavy (non-hydrogen) atoms. The van der Waals surface area contributed by atoms with E-state index in [9.17, 15) is 4.79 Å². The number of amides is 1. The summed E-state index contributed by atoms with van der Waals surface area (Å²) in [5.41, 5.74) is 0.723. The van der Waals surface area contributed by atoms with Crippen molar-refractivity contribution >= 4 is 27.5 Å². The Kier molecular flexibility index (Phi) is 4.47. The van der Waals surface area contributed by atoms with Crippen LogP contribution in [0.4, 0.5) is 5.69 Å². The third-order valence-corrected chi connectivity index (χ3v) is 3.32. The zero-order valence-electron chi connectivity index (χ0n) is 10.3. The molecular formula is C13H16BrNO3. The van der Waals surface area contributed by atoms with Gasteiger partial charge in [0.1, 0.15) is 13.2 Å². The highest BCUT2D eigenvalue weighted by molar-refractivity contribution is 9.10. The topological polar surface area (TPSA) is 47.6 Å². The zero-order valence-corrected chi connectivity index (χ0v) is 11.9. The maximum Gasteiger partial charge on any atom is 0.224 e. The first kappa shape index (κ1) is 13.2. The van der Waals surface area contributed by atoms with Crippen molar-refractivity contribution < 1.29 is 14.3 Å². The van der Waals surface area contributed by atoms with E-state index in [2.05, 4.69) is 28.2 Å². The highest BCUT2D eigenvalue weighted by atomic mass is 79.9. The van der Waals surface area contributed by atoms with Crippen LogP contribution in [-0.2, 0) is 4.79 Å². The summed E-state index contributed by atoms with van der Waals surface area (Å²) in [6.07, 6.45) is 2.45. The second kappa shape index (κ2) is 6.09. The van der Waals surface area contributed by atoms with Crippen LogP contribution in [0.2, 0.25) is 0 Å². The lowest BCUT2D eigenvalue weighted by molar-refractivity contribution is -0.116. The largest absolute Gasteiger partial charge is 0.486 e. The second-order valence-corrected chi connectivity index (χ2v) is 4.98. The third-order valence-electron chi connectivity index (χ3n) is 2.66. The summed E-state index contributed by atoms with van der Waals surface area (Å²) in [5, 5.41) is 2.87. The summed E-state index contributed by atoms with van der Waals surface area (Å²) >= 11 is 3.42. The molecule has 1 amide bonds. The van der Waals surface area contributed by atoms with Crippen LogP contribution in [-0.4, -0.2) is 19.1 Å². The minimum absolute atomic E-state index is 0.0224. The Morgan fingerprint density at radius 2 is 2.00 bits per heavy atom. The number of carbonyl (C=O) groups is 1. The molecule has 1 N–H and O–H groups in total. The number of carbonyl (C=O) groups excluding carboxylic acids is 1. The number of nitrogens with one attached hydrogen (secondary N) is 1. The van der Waals surface area contributed by atoms with Crippen molar-refractivity contribution in [3.63, 3.8) is 0 Å². The van der Waals surface area contributed by atoms with Gasteiger partial charge in [0.15, 0.2) is 11.5 Å². The van der Waals surface area contributed by atoms with E-state index in [1.165, 1.54) is 0 Å². The molecule has 0 saturated heterocycles. The Hall–Kier alpha value is -1.23. The Labute approximate surface area is 115 Å².